The van der Waals surface area contributed by atoms with E-state index < -0.39 is 17.6 Å². The van der Waals surface area contributed by atoms with E-state index in [1.54, 1.807) is 0 Å². The van der Waals surface area contributed by atoms with Gasteiger partial charge in [0.15, 0.2) is 0 Å². The van der Waals surface area contributed by atoms with Crippen molar-refractivity contribution in [2.75, 3.05) is 37.1 Å². The molecule has 9 heteroatoms. The van der Waals surface area contributed by atoms with Crippen molar-refractivity contribution in [2.45, 2.75) is 75.3 Å². The van der Waals surface area contributed by atoms with E-state index in [0.717, 1.165) is 43.4 Å². The van der Waals surface area contributed by atoms with Crippen LogP contribution in [0.15, 0.2) is 18.2 Å². The molecule has 9 nitrogen and oxygen atoms in total. The molecule has 3 amide bonds. The third-order valence-corrected chi connectivity index (χ3v) is 7.95. The Hall–Kier alpha value is -2.65. The molecule has 1 unspecified atom stereocenters. The molecule has 0 aromatic heterocycles. The van der Waals surface area contributed by atoms with Crippen molar-refractivity contribution in [3.8, 4) is 0 Å². The molecule has 2 saturated heterocycles. The van der Waals surface area contributed by atoms with Crippen molar-refractivity contribution in [1.29, 1.82) is 0 Å². The Labute approximate surface area is 205 Å². The van der Waals surface area contributed by atoms with Gasteiger partial charge >= 0.3 is 6.09 Å². The maximum absolute atomic E-state index is 13.4. The van der Waals surface area contributed by atoms with Gasteiger partial charge in [-0.25, -0.2) is 4.79 Å². The summed E-state index contributed by atoms with van der Waals surface area (Å²) in [5.41, 5.74) is 1.75. The average Bonchev–Trinajstić information content (AvgIpc) is 3.14. The maximum atomic E-state index is 13.4. The summed E-state index contributed by atoms with van der Waals surface area (Å²) in [6.07, 6.45) is 6.92. The first-order valence-corrected chi connectivity index (χ1v) is 12.9. The summed E-state index contributed by atoms with van der Waals surface area (Å²) in [6.45, 7) is 2.27. The second-order valence-electron chi connectivity index (χ2n) is 10.1. The van der Waals surface area contributed by atoms with Crippen LogP contribution in [0.4, 0.5) is 16.2 Å². The fourth-order valence-corrected chi connectivity index (χ4v) is 5.91. The molecular formula is C26H35N3O6. The van der Waals surface area contributed by atoms with Crippen LogP contribution in [0.2, 0.25) is 0 Å². The van der Waals surface area contributed by atoms with E-state index in [2.05, 4.69) is 16.0 Å². The number of amides is 3. The molecule has 1 atom stereocenters. The van der Waals surface area contributed by atoms with Crippen molar-refractivity contribution >= 4 is 29.3 Å². The van der Waals surface area contributed by atoms with Gasteiger partial charge in [-0.1, -0.05) is 25.3 Å². The second-order valence-corrected chi connectivity index (χ2v) is 10.1. The van der Waals surface area contributed by atoms with Crippen molar-refractivity contribution in [2.24, 2.45) is 5.92 Å². The highest BCUT2D eigenvalue weighted by atomic mass is 16.6. The lowest BCUT2D eigenvalue weighted by molar-refractivity contribution is -0.124. The summed E-state index contributed by atoms with van der Waals surface area (Å²) in [5.74, 6) is -0.201. The molecule has 1 aliphatic carbocycles. The number of alkyl carbamates (subject to hydrolysis) is 1. The van der Waals surface area contributed by atoms with E-state index in [1.165, 1.54) is 0 Å². The molecule has 3 aliphatic heterocycles. The van der Waals surface area contributed by atoms with Gasteiger partial charge in [-0.05, 0) is 49.3 Å². The number of fused-ring (bicyclic) bond motifs is 2. The Bertz CT molecular complexity index is 948. The fourth-order valence-electron chi connectivity index (χ4n) is 5.91. The van der Waals surface area contributed by atoms with Crippen LogP contribution in [0.25, 0.3) is 0 Å². The van der Waals surface area contributed by atoms with Crippen molar-refractivity contribution in [3.05, 3.63) is 23.8 Å². The summed E-state index contributed by atoms with van der Waals surface area (Å²) < 4.78 is 16.4. The third-order valence-electron chi connectivity index (χ3n) is 7.95. The summed E-state index contributed by atoms with van der Waals surface area (Å²) >= 11 is 0. The number of nitrogens with one attached hydrogen (secondary N) is 3. The number of carbonyl (C=O) groups excluding carboxylic acids is 3. The molecule has 0 radical (unpaired) electrons. The zero-order valence-corrected chi connectivity index (χ0v) is 20.1. The van der Waals surface area contributed by atoms with Crippen LogP contribution < -0.4 is 16.0 Å². The molecule has 1 saturated carbocycles. The first-order chi connectivity index (χ1) is 17.0. The highest BCUT2D eigenvalue weighted by Gasteiger charge is 2.47. The van der Waals surface area contributed by atoms with Crippen LogP contribution in [0, 0.1) is 5.92 Å². The molecule has 1 aromatic carbocycles. The van der Waals surface area contributed by atoms with Gasteiger partial charge in [-0.3, -0.25) is 9.59 Å². The maximum Gasteiger partial charge on any atom is 0.408 e. The van der Waals surface area contributed by atoms with Gasteiger partial charge in [0, 0.05) is 37.4 Å². The standard InChI is InChI=1S/C26H35N3O6/c30-23(22(17-4-2-1-3-5-17)29-25(32)35-19-8-12-33-13-9-19)27-18-6-7-20-21(16-18)28-24(31)26(20)10-14-34-15-11-26/h6-7,16-17,19,22H,1-5,8-15H2,(H,27,30)(H,28,31)(H,29,32). The van der Waals surface area contributed by atoms with Crippen LogP contribution in [-0.2, 0) is 29.2 Å². The predicted octanol–water partition coefficient (Wildman–Crippen LogP) is 3.48. The number of hydrogen-bond acceptors (Lipinski definition) is 6. The Kier molecular flexibility index (Phi) is 7.24. The van der Waals surface area contributed by atoms with Crippen molar-refractivity contribution < 1.29 is 28.6 Å². The quantitative estimate of drug-likeness (QED) is 0.588. The van der Waals surface area contributed by atoms with E-state index in [-0.39, 0.29) is 23.8 Å². The van der Waals surface area contributed by atoms with Gasteiger partial charge in [-0.15, -0.1) is 0 Å². The molecule has 3 N–H and O–H groups in total. The normalized spacial score (nSPS) is 23.3. The number of hydrogen-bond donors (Lipinski definition) is 3. The number of benzene rings is 1. The first-order valence-electron chi connectivity index (χ1n) is 12.9. The van der Waals surface area contributed by atoms with Crippen LogP contribution in [0.3, 0.4) is 0 Å². The Morgan fingerprint density at radius 3 is 2.46 bits per heavy atom. The molecular weight excluding hydrogens is 450 g/mol. The molecule has 3 fully saturated rings. The molecule has 3 heterocycles. The van der Waals surface area contributed by atoms with Crippen molar-refractivity contribution in [1.82, 2.24) is 5.32 Å². The van der Waals surface area contributed by atoms with Gasteiger partial charge in [-0.2, -0.15) is 0 Å². The van der Waals surface area contributed by atoms with Crippen LogP contribution in [0.5, 0.6) is 0 Å². The SMILES string of the molecule is O=C(NC(C(=O)Nc1ccc2c(c1)NC(=O)C21CCOCC1)C1CCCCC1)OC1CCOCC1. The lowest BCUT2D eigenvalue weighted by atomic mass is 9.75. The second kappa shape index (κ2) is 10.5. The number of anilines is 2. The van der Waals surface area contributed by atoms with Gasteiger partial charge in [0.05, 0.1) is 18.6 Å². The minimum Gasteiger partial charge on any atom is -0.446 e. The summed E-state index contributed by atoms with van der Waals surface area (Å²) in [7, 11) is 0. The fraction of sp³-hybridized carbons (Fsp3) is 0.654. The highest BCUT2D eigenvalue weighted by molar-refractivity contribution is 6.07. The monoisotopic (exact) mass is 485 g/mol. The Morgan fingerprint density at radius 1 is 1.00 bits per heavy atom. The van der Waals surface area contributed by atoms with Gasteiger partial charge in [0.2, 0.25) is 11.8 Å². The van der Waals surface area contributed by atoms with Gasteiger partial charge in [0.25, 0.3) is 0 Å². The summed E-state index contributed by atoms with van der Waals surface area (Å²) in [4.78, 5) is 38.9. The Morgan fingerprint density at radius 2 is 1.71 bits per heavy atom. The zero-order valence-electron chi connectivity index (χ0n) is 20.1. The Balaban J connectivity index is 1.28. The van der Waals surface area contributed by atoms with Gasteiger partial charge < -0.3 is 30.2 Å². The van der Waals surface area contributed by atoms with Crippen LogP contribution in [-0.4, -0.2) is 56.5 Å². The molecule has 1 spiro atoms. The number of ether oxygens (including phenoxy) is 3. The molecule has 190 valence electrons. The minimum absolute atomic E-state index is 0.00289. The van der Waals surface area contributed by atoms with E-state index in [9.17, 15) is 14.4 Å². The largest absolute Gasteiger partial charge is 0.446 e. The summed E-state index contributed by atoms with van der Waals surface area (Å²) in [6, 6.07) is 4.91. The average molecular weight is 486 g/mol. The molecule has 0 bridgehead atoms. The lowest BCUT2D eigenvalue weighted by Gasteiger charge is -2.31. The number of rotatable bonds is 5. The first kappa shape index (κ1) is 24.1. The topological polar surface area (TPSA) is 115 Å². The molecule has 35 heavy (non-hydrogen) atoms. The van der Waals surface area contributed by atoms with E-state index in [0.29, 0.717) is 57.8 Å². The van der Waals surface area contributed by atoms with Gasteiger partial charge in [0.1, 0.15) is 12.1 Å². The van der Waals surface area contributed by atoms with E-state index >= 15 is 0 Å². The molecule has 4 aliphatic rings. The third kappa shape index (κ3) is 5.16. The van der Waals surface area contributed by atoms with Crippen molar-refractivity contribution in [3.63, 3.8) is 0 Å². The molecule has 1 aromatic rings. The predicted molar refractivity (Wildman–Crippen MR) is 129 cm³/mol. The van der Waals surface area contributed by atoms with E-state index in [4.69, 9.17) is 14.2 Å². The summed E-state index contributed by atoms with van der Waals surface area (Å²) in [5, 5.41) is 8.84. The lowest BCUT2D eigenvalue weighted by Crippen LogP contribution is -2.50. The van der Waals surface area contributed by atoms with Crippen LogP contribution in [0.1, 0.15) is 63.4 Å². The van der Waals surface area contributed by atoms with E-state index in [1.807, 2.05) is 18.2 Å². The van der Waals surface area contributed by atoms with Crippen LogP contribution >= 0.6 is 0 Å². The minimum atomic E-state index is -0.674. The number of carbonyl (C=O) groups is 3. The zero-order chi connectivity index (χ0) is 24.3. The smallest absolute Gasteiger partial charge is 0.408 e. The highest BCUT2D eigenvalue weighted by Crippen LogP contribution is 2.45. The molecule has 5 rings (SSSR count).